The Kier molecular flexibility index (Phi) is 6.88. The fourth-order valence-electron chi connectivity index (χ4n) is 4.10. The maximum absolute atomic E-state index is 14.2. The Labute approximate surface area is 187 Å². The van der Waals surface area contributed by atoms with Crippen molar-refractivity contribution in [1.29, 1.82) is 0 Å². The first-order valence-corrected chi connectivity index (χ1v) is 12.0. The number of pyridine rings is 1. The van der Waals surface area contributed by atoms with E-state index >= 15 is 0 Å². The van der Waals surface area contributed by atoms with Crippen molar-refractivity contribution in [2.75, 3.05) is 32.4 Å². The molecule has 6 heteroatoms. The van der Waals surface area contributed by atoms with Crippen LogP contribution in [0.25, 0.3) is 22.0 Å². The summed E-state index contributed by atoms with van der Waals surface area (Å²) in [5.41, 5.74) is 4.19. The third-order valence-electron chi connectivity index (χ3n) is 5.91. The van der Waals surface area contributed by atoms with Crippen LogP contribution in [-0.2, 0) is 6.42 Å². The molecule has 0 radical (unpaired) electrons. The molecule has 2 heterocycles. The molecule has 1 fully saturated rings. The summed E-state index contributed by atoms with van der Waals surface area (Å²) in [6.45, 7) is 5.21. The quantitative estimate of drug-likeness (QED) is 0.483. The fraction of sp³-hybridized carbons (Fsp3) is 0.360. The van der Waals surface area contributed by atoms with Gasteiger partial charge in [-0.25, -0.2) is 8.70 Å². The average Bonchev–Trinajstić information content (AvgIpc) is 2.82. The molecule has 1 aliphatic rings. The standard InChI is InChI=1S/C25H28FN3OS/c1-3-4-5-18-6-8-19(9-7-18)24-21-16-20(26)10-11-23(21)27-17-22(24)25(30)28-12-14-29(31-2)15-13-28/h6-11,16-17H,3-5,12-15H2,1-2H3. The number of amides is 1. The van der Waals surface area contributed by atoms with Crippen molar-refractivity contribution in [3.05, 3.63) is 65.6 Å². The molecule has 0 aliphatic carbocycles. The number of rotatable bonds is 6. The molecule has 4 nitrogen and oxygen atoms in total. The zero-order valence-electron chi connectivity index (χ0n) is 18.1. The zero-order valence-corrected chi connectivity index (χ0v) is 18.9. The van der Waals surface area contributed by atoms with Crippen molar-refractivity contribution in [3.63, 3.8) is 0 Å². The summed E-state index contributed by atoms with van der Waals surface area (Å²) in [5, 5.41) is 0.676. The topological polar surface area (TPSA) is 36.4 Å². The number of piperazine rings is 1. The third kappa shape index (κ3) is 4.75. The molecule has 4 rings (SSSR count). The number of nitrogens with zero attached hydrogens (tertiary/aromatic N) is 3. The SMILES string of the molecule is CCCCc1ccc(-c2c(C(=O)N3CCN(SC)CC3)cnc3ccc(F)cc23)cc1. The first kappa shape index (κ1) is 21.8. The number of unbranched alkanes of at least 4 members (excludes halogenated alkanes) is 1. The van der Waals surface area contributed by atoms with Crippen molar-refractivity contribution < 1.29 is 9.18 Å². The van der Waals surface area contributed by atoms with Crippen molar-refractivity contribution in [3.8, 4) is 11.1 Å². The summed E-state index contributed by atoms with van der Waals surface area (Å²) in [6.07, 6.45) is 7.05. The maximum atomic E-state index is 14.2. The molecule has 0 N–H and O–H groups in total. The predicted octanol–water partition coefficient (Wildman–Crippen LogP) is 5.42. The van der Waals surface area contributed by atoms with Gasteiger partial charge in [-0.1, -0.05) is 49.6 Å². The van der Waals surface area contributed by atoms with Gasteiger partial charge in [0.05, 0.1) is 11.1 Å². The van der Waals surface area contributed by atoms with E-state index in [-0.39, 0.29) is 11.7 Å². The van der Waals surface area contributed by atoms with E-state index in [1.807, 2.05) is 17.0 Å². The van der Waals surface area contributed by atoms with E-state index < -0.39 is 0 Å². The second-order valence-electron chi connectivity index (χ2n) is 7.91. The number of hydrogen-bond acceptors (Lipinski definition) is 4. The minimum atomic E-state index is -0.326. The summed E-state index contributed by atoms with van der Waals surface area (Å²) < 4.78 is 16.4. The molecule has 1 saturated heterocycles. The molecule has 162 valence electrons. The van der Waals surface area contributed by atoms with Gasteiger partial charge in [0.2, 0.25) is 0 Å². The first-order valence-electron chi connectivity index (χ1n) is 10.9. The molecule has 0 spiro atoms. The van der Waals surface area contributed by atoms with E-state index in [1.165, 1.54) is 17.7 Å². The predicted molar refractivity (Wildman–Crippen MR) is 127 cm³/mol. The second kappa shape index (κ2) is 9.79. The Hall–Kier alpha value is -2.44. The van der Waals surface area contributed by atoms with E-state index in [2.05, 4.69) is 34.6 Å². The number of carbonyl (C=O) groups is 1. The maximum Gasteiger partial charge on any atom is 0.256 e. The molecule has 0 saturated carbocycles. The van der Waals surface area contributed by atoms with Crippen LogP contribution >= 0.6 is 11.9 Å². The van der Waals surface area contributed by atoms with Gasteiger partial charge in [-0.15, -0.1) is 0 Å². The highest BCUT2D eigenvalue weighted by Crippen LogP contribution is 2.33. The van der Waals surface area contributed by atoms with Crippen LogP contribution in [0.15, 0.2) is 48.7 Å². The molecule has 1 aliphatic heterocycles. The lowest BCUT2D eigenvalue weighted by Gasteiger charge is -2.33. The normalized spacial score (nSPS) is 14.9. The Morgan fingerprint density at radius 3 is 2.52 bits per heavy atom. The number of benzene rings is 2. The molecular weight excluding hydrogens is 409 g/mol. The Balaban J connectivity index is 1.76. The van der Waals surface area contributed by atoms with Crippen molar-refractivity contribution in [2.45, 2.75) is 26.2 Å². The lowest BCUT2D eigenvalue weighted by atomic mass is 9.94. The number of aryl methyl sites for hydroxylation is 1. The van der Waals surface area contributed by atoms with Gasteiger partial charge in [0.25, 0.3) is 5.91 Å². The van der Waals surface area contributed by atoms with Gasteiger partial charge in [-0.2, -0.15) is 0 Å². The molecule has 1 amide bonds. The van der Waals surface area contributed by atoms with Gasteiger partial charge in [0.1, 0.15) is 5.82 Å². The minimum Gasteiger partial charge on any atom is -0.336 e. The highest BCUT2D eigenvalue weighted by atomic mass is 32.2. The number of hydrogen-bond donors (Lipinski definition) is 0. The van der Waals surface area contributed by atoms with Crippen LogP contribution in [0.4, 0.5) is 4.39 Å². The smallest absolute Gasteiger partial charge is 0.256 e. The van der Waals surface area contributed by atoms with Gasteiger partial charge in [-0.05, 0) is 48.4 Å². The van der Waals surface area contributed by atoms with Crippen LogP contribution in [-0.4, -0.2) is 52.5 Å². The van der Waals surface area contributed by atoms with Gasteiger partial charge in [0, 0.05) is 43.3 Å². The Bertz CT molecular complexity index is 1060. The minimum absolute atomic E-state index is 0.0375. The summed E-state index contributed by atoms with van der Waals surface area (Å²) in [5.74, 6) is -0.363. The number of fused-ring (bicyclic) bond motifs is 1. The largest absolute Gasteiger partial charge is 0.336 e. The molecule has 3 aromatic rings. The lowest BCUT2D eigenvalue weighted by Crippen LogP contribution is -2.46. The average molecular weight is 438 g/mol. The van der Waals surface area contributed by atoms with Crippen molar-refractivity contribution >= 4 is 28.8 Å². The molecule has 2 aromatic carbocycles. The first-order chi connectivity index (χ1) is 15.1. The summed E-state index contributed by atoms with van der Waals surface area (Å²) in [4.78, 5) is 19.9. The van der Waals surface area contributed by atoms with E-state index in [0.717, 1.165) is 43.5 Å². The molecule has 31 heavy (non-hydrogen) atoms. The van der Waals surface area contributed by atoms with Crippen molar-refractivity contribution in [2.24, 2.45) is 0 Å². The van der Waals surface area contributed by atoms with Crippen LogP contribution in [0.2, 0.25) is 0 Å². The number of carbonyl (C=O) groups excluding carboxylic acids is 1. The number of aromatic nitrogens is 1. The summed E-state index contributed by atoms with van der Waals surface area (Å²) >= 11 is 1.71. The molecule has 0 bridgehead atoms. The highest BCUT2D eigenvalue weighted by molar-refractivity contribution is 7.96. The van der Waals surface area contributed by atoms with Crippen LogP contribution in [0.1, 0.15) is 35.7 Å². The van der Waals surface area contributed by atoms with Gasteiger partial charge < -0.3 is 4.90 Å². The Morgan fingerprint density at radius 1 is 1.10 bits per heavy atom. The van der Waals surface area contributed by atoms with E-state index in [4.69, 9.17) is 0 Å². The van der Waals surface area contributed by atoms with Crippen LogP contribution in [0, 0.1) is 5.82 Å². The highest BCUT2D eigenvalue weighted by Gasteiger charge is 2.25. The van der Waals surface area contributed by atoms with Gasteiger partial charge >= 0.3 is 0 Å². The molecule has 0 atom stereocenters. The van der Waals surface area contributed by atoms with E-state index in [1.54, 1.807) is 24.2 Å². The third-order valence-corrected chi connectivity index (χ3v) is 6.79. The van der Waals surface area contributed by atoms with E-state index in [0.29, 0.717) is 29.6 Å². The van der Waals surface area contributed by atoms with Gasteiger partial charge in [0.15, 0.2) is 0 Å². The second-order valence-corrected chi connectivity index (χ2v) is 8.79. The zero-order chi connectivity index (χ0) is 21.8. The molecule has 1 aromatic heterocycles. The fourth-order valence-corrected chi connectivity index (χ4v) is 4.63. The number of halogens is 1. The van der Waals surface area contributed by atoms with E-state index in [9.17, 15) is 9.18 Å². The van der Waals surface area contributed by atoms with Crippen molar-refractivity contribution in [1.82, 2.24) is 14.2 Å². The van der Waals surface area contributed by atoms with Crippen LogP contribution in [0.3, 0.4) is 0 Å². The monoisotopic (exact) mass is 437 g/mol. The molecule has 0 unspecified atom stereocenters. The summed E-state index contributed by atoms with van der Waals surface area (Å²) in [6, 6.07) is 12.9. The van der Waals surface area contributed by atoms with Crippen LogP contribution < -0.4 is 0 Å². The Morgan fingerprint density at radius 2 is 1.84 bits per heavy atom. The lowest BCUT2D eigenvalue weighted by molar-refractivity contribution is 0.0704. The van der Waals surface area contributed by atoms with Crippen LogP contribution in [0.5, 0.6) is 0 Å². The van der Waals surface area contributed by atoms with Gasteiger partial charge in [-0.3, -0.25) is 9.78 Å². The molecular formula is C25H28FN3OS. The summed E-state index contributed by atoms with van der Waals surface area (Å²) in [7, 11) is 0.